The van der Waals surface area contributed by atoms with Crippen molar-refractivity contribution in [1.82, 2.24) is 5.32 Å². The van der Waals surface area contributed by atoms with Gasteiger partial charge in [-0.05, 0) is 84.2 Å². The second-order valence-corrected chi connectivity index (χ2v) is 8.28. The molecule has 0 radical (unpaired) electrons. The molecule has 0 bridgehead atoms. The molecule has 0 aliphatic rings. The van der Waals surface area contributed by atoms with E-state index in [9.17, 15) is 4.39 Å². The van der Waals surface area contributed by atoms with Crippen LogP contribution in [0.4, 0.5) is 4.39 Å². The number of thiophene rings is 1. The van der Waals surface area contributed by atoms with Crippen molar-refractivity contribution >= 4 is 59.1 Å². The lowest BCUT2D eigenvalue weighted by atomic mass is 10.0. The average Bonchev–Trinajstić information content (AvgIpc) is 2.64. The second kappa shape index (κ2) is 6.13. The molecule has 1 heterocycles. The van der Waals surface area contributed by atoms with Gasteiger partial charge in [0.25, 0.3) is 0 Å². The van der Waals surface area contributed by atoms with E-state index in [1.807, 2.05) is 7.05 Å². The molecule has 18 heavy (non-hydrogen) atoms. The Bertz CT molecular complexity index is 570. The third kappa shape index (κ3) is 3.04. The molecule has 1 atom stereocenters. The third-order valence-electron chi connectivity index (χ3n) is 2.56. The van der Waals surface area contributed by atoms with Gasteiger partial charge in [-0.15, -0.1) is 11.3 Å². The lowest BCUT2D eigenvalue weighted by Gasteiger charge is -2.16. The van der Waals surface area contributed by atoms with Crippen LogP contribution in [0.5, 0.6) is 0 Å². The number of benzene rings is 1. The SMILES string of the molecule is CNC(c1ccc(F)c(Br)c1)c1cc(Br)sc1Br. The minimum Gasteiger partial charge on any atom is -0.309 e. The third-order valence-corrected chi connectivity index (χ3v) is 5.55. The highest BCUT2D eigenvalue weighted by Gasteiger charge is 2.18. The Morgan fingerprint density at radius 3 is 2.44 bits per heavy atom. The van der Waals surface area contributed by atoms with Crippen LogP contribution in [-0.2, 0) is 0 Å². The van der Waals surface area contributed by atoms with Gasteiger partial charge in [0.2, 0.25) is 0 Å². The van der Waals surface area contributed by atoms with Crippen LogP contribution in [0.15, 0.2) is 36.3 Å². The van der Waals surface area contributed by atoms with E-state index in [2.05, 4.69) is 59.2 Å². The number of rotatable bonds is 3. The van der Waals surface area contributed by atoms with Gasteiger partial charge in [-0.1, -0.05) is 6.07 Å². The fraction of sp³-hybridized carbons (Fsp3) is 0.167. The quantitative estimate of drug-likeness (QED) is 0.643. The van der Waals surface area contributed by atoms with Gasteiger partial charge < -0.3 is 5.32 Å². The van der Waals surface area contributed by atoms with Gasteiger partial charge in [-0.2, -0.15) is 0 Å². The lowest BCUT2D eigenvalue weighted by Crippen LogP contribution is -2.17. The Morgan fingerprint density at radius 1 is 1.22 bits per heavy atom. The molecule has 1 aromatic heterocycles. The maximum Gasteiger partial charge on any atom is 0.137 e. The van der Waals surface area contributed by atoms with E-state index < -0.39 is 0 Å². The summed E-state index contributed by atoms with van der Waals surface area (Å²) in [6.07, 6.45) is 0. The topological polar surface area (TPSA) is 12.0 Å². The summed E-state index contributed by atoms with van der Waals surface area (Å²) >= 11 is 11.9. The van der Waals surface area contributed by atoms with Crippen LogP contribution in [0.3, 0.4) is 0 Å². The highest BCUT2D eigenvalue weighted by Crippen LogP contribution is 2.38. The molecule has 2 aromatic rings. The summed E-state index contributed by atoms with van der Waals surface area (Å²) in [4.78, 5) is 0. The number of hydrogen-bond acceptors (Lipinski definition) is 2. The Labute approximate surface area is 134 Å². The Morgan fingerprint density at radius 2 is 1.94 bits per heavy atom. The van der Waals surface area contributed by atoms with Crippen molar-refractivity contribution in [3.63, 3.8) is 0 Å². The fourth-order valence-corrected chi connectivity index (χ4v) is 5.04. The van der Waals surface area contributed by atoms with E-state index in [1.165, 1.54) is 6.07 Å². The van der Waals surface area contributed by atoms with Crippen molar-refractivity contribution in [1.29, 1.82) is 0 Å². The summed E-state index contributed by atoms with van der Waals surface area (Å²) in [5.74, 6) is -0.251. The van der Waals surface area contributed by atoms with E-state index in [1.54, 1.807) is 23.5 Å². The molecule has 1 unspecified atom stereocenters. The predicted molar refractivity (Wildman–Crippen MR) is 84.7 cm³/mol. The summed E-state index contributed by atoms with van der Waals surface area (Å²) in [7, 11) is 1.89. The molecule has 6 heteroatoms. The van der Waals surface area contributed by atoms with Crippen molar-refractivity contribution < 1.29 is 4.39 Å². The van der Waals surface area contributed by atoms with Gasteiger partial charge in [-0.25, -0.2) is 4.39 Å². The van der Waals surface area contributed by atoms with Gasteiger partial charge in [0, 0.05) is 0 Å². The molecule has 0 aliphatic carbocycles. The summed E-state index contributed by atoms with van der Waals surface area (Å²) in [5, 5.41) is 3.25. The molecule has 1 N–H and O–H groups in total. The van der Waals surface area contributed by atoms with Gasteiger partial charge in [0.15, 0.2) is 0 Å². The van der Waals surface area contributed by atoms with E-state index in [-0.39, 0.29) is 11.9 Å². The largest absolute Gasteiger partial charge is 0.309 e. The van der Waals surface area contributed by atoms with Crippen molar-refractivity contribution in [3.05, 3.63) is 53.3 Å². The van der Waals surface area contributed by atoms with Gasteiger partial charge in [0.1, 0.15) is 5.82 Å². The standard InChI is InChI=1S/C12H9Br3FNS/c1-17-11(7-5-10(14)18-12(7)15)6-2-3-9(16)8(13)4-6/h2-5,11,17H,1H3. The first kappa shape index (κ1) is 14.7. The summed E-state index contributed by atoms with van der Waals surface area (Å²) < 4.78 is 15.9. The second-order valence-electron chi connectivity index (χ2n) is 3.67. The molecule has 96 valence electrons. The zero-order chi connectivity index (χ0) is 13.3. The van der Waals surface area contributed by atoms with Crippen molar-refractivity contribution in [2.75, 3.05) is 7.05 Å². The molecule has 0 aliphatic heterocycles. The number of halogens is 4. The van der Waals surface area contributed by atoms with Crippen LogP contribution in [0, 0.1) is 5.82 Å². The molecular weight excluding hydrogens is 449 g/mol. The first-order valence-corrected chi connectivity index (χ1v) is 8.29. The predicted octanol–water partition coefficient (Wildman–Crippen LogP) is 5.48. The van der Waals surface area contributed by atoms with E-state index in [0.717, 1.165) is 18.7 Å². The monoisotopic (exact) mass is 455 g/mol. The maximum atomic E-state index is 13.3. The van der Waals surface area contributed by atoms with Crippen LogP contribution in [0.1, 0.15) is 17.2 Å². The first-order chi connectivity index (χ1) is 8.52. The molecule has 1 aromatic carbocycles. The highest BCUT2D eigenvalue weighted by molar-refractivity contribution is 9.12. The van der Waals surface area contributed by atoms with E-state index in [0.29, 0.717) is 4.47 Å². The Kier molecular flexibility index (Phi) is 4.99. The zero-order valence-corrected chi connectivity index (χ0v) is 14.9. The molecule has 2 rings (SSSR count). The number of nitrogens with one attached hydrogen (secondary N) is 1. The highest BCUT2D eigenvalue weighted by atomic mass is 79.9. The van der Waals surface area contributed by atoms with Crippen LogP contribution in [-0.4, -0.2) is 7.05 Å². The Balaban J connectivity index is 2.45. The van der Waals surface area contributed by atoms with Crippen molar-refractivity contribution in [2.45, 2.75) is 6.04 Å². The summed E-state index contributed by atoms with van der Waals surface area (Å²) in [6, 6.07) is 7.15. The zero-order valence-electron chi connectivity index (χ0n) is 9.31. The van der Waals surface area contributed by atoms with Crippen LogP contribution in [0.25, 0.3) is 0 Å². The fourth-order valence-electron chi connectivity index (χ4n) is 1.74. The molecule has 0 saturated carbocycles. The van der Waals surface area contributed by atoms with Crippen LogP contribution >= 0.6 is 59.1 Å². The lowest BCUT2D eigenvalue weighted by molar-refractivity contribution is 0.616. The molecular formula is C12H9Br3FNS. The summed E-state index contributed by atoms with van der Waals surface area (Å²) in [6.45, 7) is 0. The van der Waals surface area contributed by atoms with Gasteiger partial charge in [-0.3, -0.25) is 0 Å². The normalized spacial score (nSPS) is 12.7. The first-order valence-electron chi connectivity index (χ1n) is 5.10. The van der Waals surface area contributed by atoms with E-state index >= 15 is 0 Å². The minimum absolute atomic E-state index is 0.0267. The van der Waals surface area contributed by atoms with E-state index in [4.69, 9.17) is 0 Å². The van der Waals surface area contributed by atoms with Crippen LogP contribution < -0.4 is 5.32 Å². The molecule has 0 fully saturated rings. The van der Waals surface area contributed by atoms with Gasteiger partial charge >= 0.3 is 0 Å². The minimum atomic E-state index is -0.251. The Hall–Kier alpha value is 0.250. The average molecular weight is 458 g/mol. The maximum absolute atomic E-state index is 13.3. The molecule has 0 amide bonds. The molecule has 0 spiro atoms. The summed E-state index contributed by atoms with van der Waals surface area (Å²) in [5.41, 5.74) is 2.14. The molecule has 0 saturated heterocycles. The molecule has 1 nitrogen and oxygen atoms in total. The van der Waals surface area contributed by atoms with Crippen molar-refractivity contribution in [3.8, 4) is 0 Å². The number of hydrogen-bond donors (Lipinski definition) is 1. The van der Waals surface area contributed by atoms with Crippen molar-refractivity contribution in [2.24, 2.45) is 0 Å². The smallest absolute Gasteiger partial charge is 0.137 e. The van der Waals surface area contributed by atoms with Gasteiger partial charge in [0.05, 0.1) is 18.1 Å². The van der Waals surface area contributed by atoms with Crippen LogP contribution in [0.2, 0.25) is 0 Å².